The van der Waals surface area contributed by atoms with Gasteiger partial charge in [-0.1, -0.05) is 34.6 Å². The molecule has 3 N–H and O–H groups in total. The van der Waals surface area contributed by atoms with Crippen molar-refractivity contribution in [1.82, 2.24) is 0 Å². The van der Waals surface area contributed by atoms with Gasteiger partial charge in [0.2, 0.25) is 0 Å². The van der Waals surface area contributed by atoms with Gasteiger partial charge in [-0.15, -0.1) is 0 Å². The fourth-order valence-electron chi connectivity index (χ4n) is 7.54. The van der Waals surface area contributed by atoms with E-state index in [-0.39, 0.29) is 24.7 Å². The summed E-state index contributed by atoms with van der Waals surface area (Å²) in [5, 5.41) is 34.8. The average Bonchev–Trinajstić information content (AvgIpc) is 2.66. The molecule has 0 aromatic carbocycles. The smallest absolute Gasteiger partial charge is 0.303 e. The molecule has 1 aliphatic heterocycles. The van der Waals surface area contributed by atoms with Gasteiger partial charge in [0.05, 0.1) is 24.4 Å². The molecule has 1 heterocycles. The molecule has 3 fully saturated rings. The molecule has 0 radical (unpaired) electrons. The molecule has 0 amide bonds. The van der Waals surface area contributed by atoms with Crippen molar-refractivity contribution in [1.29, 1.82) is 0 Å². The number of hydrogen-bond acceptors (Lipinski definition) is 7. The van der Waals surface area contributed by atoms with Gasteiger partial charge in [-0.3, -0.25) is 9.59 Å². The van der Waals surface area contributed by atoms with Crippen molar-refractivity contribution in [3.05, 3.63) is 11.1 Å². The molecule has 0 aromatic rings. The molecule has 2 bridgehead atoms. The second kappa shape index (κ2) is 6.62. The molecule has 174 valence electrons. The second-order valence-corrected chi connectivity index (χ2v) is 11.2. The van der Waals surface area contributed by atoms with Crippen LogP contribution in [-0.2, 0) is 19.1 Å². The van der Waals surface area contributed by atoms with Gasteiger partial charge in [-0.25, -0.2) is 0 Å². The summed E-state index contributed by atoms with van der Waals surface area (Å²) in [6.45, 7) is 12.5. The van der Waals surface area contributed by atoms with Crippen LogP contribution in [0.4, 0.5) is 0 Å². The summed E-state index contributed by atoms with van der Waals surface area (Å²) < 4.78 is 11.3. The largest absolute Gasteiger partial charge is 0.450 e. The van der Waals surface area contributed by atoms with E-state index >= 15 is 0 Å². The number of esters is 1. The minimum Gasteiger partial charge on any atom is -0.450 e. The van der Waals surface area contributed by atoms with E-state index in [1.54, 1.807) is 6.92 Å². The van der Waals surface area contributed by atoms with Crippen LogP contribution in [0.1, 0.15) is 61.3 Å². The molecule has 7 nitrogen and oxygen atoms in total. The first-order valence-electron chi connectivity index (χ1n) is 11.3. The van der Waals surface area contributed by atoms with Crippen LogP contribution in [0.3, 0.4) is 0 Å². The van der Waals surface area contributed by atoms with E-state index in [0.29, 0.717) is 17.6 Å². The number of ether oxygens (including phenoxy) is 2. The van der Waals surface area contributed by atoms with Crippen LogP contribution in [0.25, 0.3) is 0 Å². The normalized spacial score (nSPS) is 51.1. The zero-order chi connectivity index (χ0) is 23.3. The van der Waals surface area contributed by atoms with Crippen molar-refractivity contribution >= 4 is 11.8 Å². The van der Waals surface area contributed by atoms with Gasteiger partial charge >= 0.3 is 5.97 Å². The predicted molar refractivity (Wildman–Crippen MR) is 112 cm³/mol. The van der Waals surface area contributed by atoms with Crippen LogP contribution in [0.5, 0.6) is 0 Å². The highest BCUT2D eigenvalue weighted by molar-refractivity contribution is 5.94. The zero-order valence-electron chi connectivity index (χ0n) is 19.6. The third-order valence-corrected chi connectivity index (χ3v) is 9.60. The number of carbonyl (C=O) groups is 2. The van der Waals surface area contributed by atoms with Crippen molar-refractivity contribution in [3.8, 4) is 0 Å². The molecule has 4 rings (SSSR count). The van der Waals surface area contributed by atoms with Gasteiger partial charge in [-0.2, -0.15) is 0 Å². The first-order chi connectivity index (χ1) is 14.1. The Morgan fingerprint density at radius 2 is 1.81 bits per heavy atom. The monoisotopic (exact) mass is 436 g/mol. The van der Waals surface area contributed by atoms with Crippen LogP contribution >= 0.6 is 0 Å². The minimum atomic E-state index is -1.43. The lowest BCUT2D eigenvalue weighted by Crippen LogP contribution is -2.77. The molecule has 2 saturated carbocycles. The average molecular weight is 437 g/mol. The van der Waals surface area contributed by atoms with Crippen LogP contribution in [0.2, 0.25) is 0 Å². The van der Waals surface area contributed by atoms with Crippen LogP contribution in [0, 0.1) is 28.6 Å². The molecule has 4 aliphatic rings. The summed E-state index contributed by atoms with van der Waals surface area (Å²) in [4.78, 5) is 26.4. The van der Waals surface area contributed by atoms with Gasteiger partial charge < -0.3 is 24.8 Å². The minimum absolute atomic E-state index is 0.0834. The van der Waals surface area contributed by atoms with Gasteiger partial charge in [0.15, 0.2) is 11.9 Å². The topological polar surface area (TPSA) is 113 Å². The van der Waals surface area contributed by atoms with E-state index in [2.05, 4.69) is 0 Å². The Morgan fingerprint density at radius 1 is 1.19 bits per heavy atom. The number of ketones is 1. The van der Waals surface area contributed by atoms with E-state index in [9.17, 15) is 24.9 Å². The number of carbonyl (C=O) groups excluding carboxylic acids is 2. The lowest BCUT2D eigenvalue weighted by atomic mass is 9.41. The fraction of sp³-hybridized carbons (Fsp3) is 0.833. The summed E-state index contributed by atoms with van der Waals surface area (Å²) in [5.74, 6) is -2.17. The summed E-state index contributed by atoms with van der Waals surface area (Å²) in [6.07, 6.45) is -2.01. The SMILES string of the molecule is CC(=O)OC1C(=O)[C@@]2(C)C([C@H](C)C3(O)CC(O)C(C)=C1C3(C)C)C1(O)COC1C[C@@H]2C. The maximum Gasteiger partial charge on any atom is 0.303 e. The van der Waals surface area contributed by atoms with Crippen LogP contribution in [-0.4, -0.2) is 63.2 Å². The Hall–Kier alpha value is -1.28. The van der Waals surface area contributed by atoms with E-state index in [1.165, 1.54) is 6.92 Å². The number of hydrogen-bond donors (Lipinski definition) is 3. The lowest BCUT2D eigenvalue weighted by molar-refractivity contribution is -0.329. The Morgan fingerprint density at radius 3 is 2.32 bits per heavy atom. The number of Topliss-reactive ketones (excluding diaryl/α,β-unsaturated/α-hetero) is 1. The highest BCUT2D eigenvalue weighted by Gasteiger charge is 2.73. The Balaban J connectivity index is 2.04. The Bertz CT molecular complexity index is 862. The number of rotatable bonds is 1. The van der Waals surface area contributed by atoms with Gasteiger partial charge in [-0.05, 0) is 36.3 Å². The lowest BCUT2D eigenvalue weighted by Gasteiger charge is -2.68. The molecule has 0 aromatic heterocycles. The van der Waals surface area contributed by atoms with Gasteiger partial charge in [0.25, 0.3) is 0 Å². The van der Waals surface area contributed by atoms with E-state index < -0.39 is 58.1 Å². The first-order valence-corrected chi connectivity index (χ1v) is 11.3. The molecule has 7 heteroatoms. The third kappa shape index (κ3) is 2.61. The van der Waals surface area contributed by atoms with Crippen molar-refractivity contribution in [2.45, 2.75) is 90.8 Å². The maximum atomic E-state index is 14.3. The molecule has 3 aliphatic carbocycles. The summed E-state index contributed by atoms with van der Waals surface area (Å²) in [7, 11) is 0. The molecular weight excluding hydrogens is 400 g/mol. The Kier molecular flexibility index (Phi) is 4.89. The molecular formula is C24H36O7. The highest BCUT2D eigenvalue weighted by Crippen LogP contribution is 2.65. The quantitative estimate of drug-likeness (QED) is 0.424. The van der Waals surface area contributed by atoms with Crippen molar-refractivity contribution in [2.24, 2.45) is 28.6 Å². The van der Waals surface area contributed by atoms with Crippen molar-refractivity contribution in [2.75, 3.05) is 6.61 Å². The summed E-state index contributed by atoms with van der Waals surface area (Å²) >= 11 is 0. The molecule has 31 heavy (non-hydrogen) atoms. The second-order valence-electron chi connectivity index (χ2n) is 11.2. The first kappa shape index (κ1) is 22.9. The summed E-state index contributed by atoms with van der Waals surface area (Å²) in [6, 6.07) is 0. The van der Waals surface area contributed by atoms with Gasteiger partial charge in [0, 0.05) is 30.1 Å². The molecule has 0 spiro atoms. The molecule has 6 unspecified atom stereocenters. The predicted octanol–water partition coefficient (Wildman–Crippen LogP) is 1.77. The van der Waals surface area contributed by atoms with Crippen LogP contribution < -0.4 is 0 Å². The van der Waals surface area contributed by atoms with Crippen molar-refractivity contribution in [3.63, 3.8) is 0 Å². The summed E-state index contributed by atoms with van der Waals surface area (Å²) in [5.41, 5.74) is -3.67. The fourth-order valence-corrected chi connectivity index (χ4v) is 7.54. The highest BCUT2D eigenvalue weighted by atomic mass is 16.6. The third-order valence-electron chi connectivity index (χ3n) is 9.60. The van der Waals surface area contributed by atoms with Crippen molar-refractivity contribution < 1.29 is 34.4 Å². The number of aliphatic hydroxyl groups excluding tert-OH is 1. The number of fused-ring (bicyclic) bond motifs is 5. The molecule has 1 saturated heterocycles. The van der Waals surface area contributed by atoms with E-state index in [0.717, 1.165) is 0 Å². The number of aliphatic hydroxyl groups is 3. The maximum absolute atomic E-state index is 14.3. The van der Waals surface area contributed by atoms with E-state index in [4.69, 9.17) is 9.47 Å². The standard InChI is InChI=1S/C24H36O7/c1-11-8-16-23(28,10-30-16)19-13(3)24(29)9-15(26)12(2)17(21(24,5)6)18(31-14(4)25)20(27)22(11,19)7/h11,13,15-16,18-19,26,28-29H,8-10H2,1-7H3/t11-,13-,15?,16?,18?,19?,22+,23?,24?/m0/s1. The molecule has 9 atom stereocenters. The zero-order valence-corrected chi connectivity index (χ0v) is 19.6. The van der Waals surface area contributed by atoms with E-state index in [1.807, 2.05) is 34.6 Å². The van der Waals surface area contributed by atoms with Gasteiger partial charge in [0.1, 0.15) is 5.60 Å². The Labute approximate surface area is 183 Å². The van der Waals surface area contributed by atoms with Crippen LogP contribution in [0.15, 0.2) is 11.1 Å².